The summed E-state index contributed by atoms with van der Waals surface area (Å²) < 4.78 is 0. The molecule has 142 valence electrons. The third-order valence-electron chi connectivity index (χ3n) is 4.36. The van der Waals surface area contributed by atoms with Crippen molar-refractivity contribution in [1.29, 1.82) is 0 Å². The van der Waals surface area contributed by atoms with Crippen molar-refractivity contribution in [2.45, 2.75) is 0 Å². The topological polar surface area (TPSA) is 45.2 Å². The first-order chi connectivity index (χ1) is 13.6. The van der Waals surface area contributed by atoms with Crippen LogP contribution in [0.15, 0.2) is 79.0 Å². The number of nitrogens with zero attached hydrogens (tertiary/aromatic N) is 2. The number of ketones is 1. The van der Waals surface area contributed by atoms with Gasteiger partial charge in [0.25, 0.3) is 0 Å². The maximum atomic E-state index is 12.4. The second-order valence-electron chi connectivity index (χ2n) is 6.84. The van der Waals surface area contributed by atoms with Crippen molar-refractivity contribution in [3.8, 4) is 11.3 Å². The molecule has 4 nitrogen and oxygen atoms in total. The molecule has 2 aromatic carbocycles. The SMILES string of the molecule is CN(C)CCNc1ccc(C(=O)/C=C/c2ccc(-c3ccccn3)cc2)cc1. The number of pyridine rings is 1. The molecule has 1 heterocycles. The highest BCUT2D eigenvalue weighted by atomic mass is 16.1. The van der Waals surface area contributed by atoms with E-state index in [9.17, 15) is 4.79 Å². The maximum absolute atomic E-state index is 12.4. The molecular formula is C24H25N3O. The number of carbonyl (C=O) groups excluding carboxylic acids is 1. The molecule has 1 aromatic heterocycles. The zero-order valence-electron chi connectivity index (χ0n) is 16.3. The van der Waals surface area contributed by atoms with Gasteiger partial charge in [-0.25, -0.2) is 0 Å². The Hall–Kier alpha value is -3.24. The van der Waals surface area contributed by atoms with Gasteiger partial charge in [-0.1, -0.05) is 36.4 Å². The number of aromatic nitrogens is 1. The predicted octanol–water partition coefficient (Wildman–Crippen LogP) is 4.62. The van der Waals surface area contributed by atoms with Crippen LogP contribution in [-0.4, -0.2) is 42.9 Å². The molecule has 0 saturated heterocycles. The minimum Gasteiger partial charge on any atom is -0.384 e. The van der Waals surface area contributed by atoms with Crippen molar-refractivity contribution in [2.75, 3.05) is 32.5 Å². The summed E-state index contributed by atoms with van der Waals surface area (Å²) in [5.74, 6) is -0.00589. The molecule has 4 heteroatoms. The summed E-state index contributed by atoms with van der Waals surface area (Å²) >= 11 is 0. The lowest BCUT2D eigenvalue weighted by atomic mass is 10.1. The number of rotatable bonds is 8. The summed E-state index contributed by atoms with van der Waals surface area (Å²) in [6.07, 6.45) is 5.24. The van der Waals surface area contributed by atoms with Gasteiger partial charge in [0.05, 0.1) is 5.69 Å². The van der Waals surface area contributed by atoms with E-state index in [0.717, 1.165) is 35.6 Å². The van der Waals surface area contributed by atoms with Gasteiger partial charge in [0.2, 0.25) is 0 Å². The minimum absolute atomic E-state index is 0.00589. The zero-order chi connectivity index (χ0) is 19.8. The summed E-state index contributed by atoms with van der Waals surface area (Å²) in [4.78, 5) is 18.9. The van der Waals surface area contributed by atoms with Crippen LogP contribution >= 0.6 is 0 Å². The van der Waals surface area contributed by atoms with Crippen molar-refractivity contribution in [3.63, 3.8) is 0 Å². The number of nitrogens with one attached hydrogen (secondary N) is 1. The van der Waals surface area contributed by atoms with Crippen LogP contribution in [0, 0.1) is 0 Å². The largest absolute Gasteiger partial charge is 0.384 e. The smallest absolute Gasteiger partial charge is 0.185 e. The van der Waals surface area contributed by atoms with E-state index in [1.54, 1.807) is 12.3 Å². The Labute approximate surface area is 166 Å². The Morgan fingerprint density at radius 3 is 2.39 bits per heavy atom. The lowest BCUT2D eigenvalue weighted by Gasteiger charge is -2.11. The predicted molar refractivity (Wildman–Crippen MR) is 117 cm³/mol. The van der Waals surface area contributed by atoms with E-state index in [4.69, 9.17) is 0 Å². The fourth-order valence-corrected chi connectivity index (χ4v) is 2.74. The van der Waals surface area contributed by atoms with Crippen LogP contribution in [0.2, 0.25) is 0 Å². The summed E-state index contributed by atoms with van der Waals surface area (Å²) in [5, 5.41) is 3.34. The normalized spacial score (nSPS) is 11.1. The number of allylic oxidation sites excluding steroid dienone is 1. The first-order valence-electron chi connectivity index (χ1n) is 9.34. The molecule has 3 rings (SSSR count). The van der Waals surface area contributed by atoms with Crippen molar-refractivity contribution in [2.24, 2.45) is 0 Å². The van der Waals surface area contributed by atoms with Gasteiger partial charge in [-0.3, -0.25) is 9.78 Å². The lowest BCUT2D eigenvalue weighted by Crippen LogP contribution is -2.20. The van der Waals surface area contributed by atoms with E-state index in [2.05, 4.69) is 15.2 Å². The molecular weight excluding hydrogens is 346 g/mol. The van der Waals surface area contributed by atoms with E-state index in [1.807, 2.05) is 86.9 Å². The van der Waals surface area contributed by atoms with E-state index in [-0.39, 0.29) is 5.78 Å². The van der Waals surface area contributed by atoms with Gasteiger partial charge < -0.3 is 10.2 Å². The Kier molecular flexibility index (Phi) is 6.71. The molecule has 3 aromatic rings. The third-order valence-corrected chi connectivity index (χ3v) is 4.36. The zero-order valence-corrected chi connectivity index (χ0v) is 16.3. The molecule has 0 amide bonds. The second kappa shape index (κ2) is 9.62. The molecule has 0 aliphatic rings. The van der Waals surface area contributed by atoms with Crippen LogP contribution in [0.1, 0.15) is 15.9 Å². The number of carbonyl (C=O) groups is 1. The molecule has 0 spiro atoms. The van der Waals surface area contributed by atoms with Crippen LogP contribution in [0.3, 0.4) is 0 Å². The second-order valence-corrected chi connectivity index (χ2v) is 6.84. The molecule has 0 aliphatic carbocycles. The van der Waals surface area contributed by atoms with Gasteiger partial charge in [0.1, 0.15) is 0 Å². The standard InChI is InChI=1S/C24H25N3O/c1-27(2)18-17-25-22-13-11-21(12-14-22)24(28)15-8-19-6-9-20(10-7-19)23-5-3-4-16-26-23/h3-16,25H,17-18H2,1-2H3/b15-8+. The number of hydrogen-bond acceptors (Lipinski definition) is 4. The molecule has 0 bridgehead atoms. The average Bonchev–Trinajstić information content (AvgIpc) is 2.73. The Morgan fingerprint density at radius 1 is 1.00 bits per heavy atom. The van der Waals surface area contributed by atoms with Gasteiger partial charge >= 0.3 is 0 Å². The molecule has 0 aliphatic heterocycles. The van der Waals surface area contributed by atoms with Crippen molar-refractivity contribution >= 4 is 17.5 Å². The van der Waals surface area contributed by atoms with Crippen LogP contribution in [0.5, 0.6) is 0 Å². The van der Waals surface area contributed by atoms with Crippen molar-refractivity contribution in [3.05, 3.63) is 90.1 Å². The lowest BCUT2D eigenvalue weighted by molar-refractivity contribution is 0.104. The van der Waals surface area contributed by atoms with E-state index in [1.165, 1.54) is 0 Å². The molecule has 0 unspecified atom stereocenters. The number of benzene rings is 2. The van der Waals surface area contributed by atoms with Crippen LogP contribution in [-0.2, 0) is 0 Å². The van der Waals surface area contributed by atoms with Gasteiger partial charge in [0, 0.05) is 36.1 Å². The maximum Gasteiger partial charge on any atom is 0.185 e. The van der Waals surface area contributed by atoms with Crippen LogP contribution < -0.4 is 5.32 Å². The van der Waals surface area contributed by atoms with Crippen molar-refractivity contribution in [1.82, 2.24) is 9.88 Å². The fourth-order valence-electron chi connectivity index (χ4n) is 2.74. The Morgan fingerprint density at radius 2 is 1.75 bits per heavy atom. The molecule has 28 heavy (non-hydrogen) atoms. The summed E-state index contributed by atoms with van der Waals surface area (Å²) in [5.41, 5.74) is 4.68. The van der Waals surface area contributed by atoms with Gasteiger partial charge in [-0.15, -0.1) is 0 Å². The molecule has 0 fully saturated rings. The minimum atomic E-state index is -0.00589. The first-order valence-corrected chi connectivity index (χ1v) is 9.34. The molecule has 0 atom stereocenters. The Balaban J connectivity index is 1.58. The Bertz CT molecular complexity index is 914. The quantitative estimate of drug-likeness (QED) is 0.464. The highest BCUT2D eigenvalue weighted by Gasteiger charge is 2.02. The third kappa shape index (κ3) is 5.63. The molecule has 1 N–H and O–H groups in total. The fraction of sp³-hybridized carbons (Fsp3) is 0.167. The summed E-state index contributed by atoms with van der Waals surface area (Å²) in [7, 11) is 4.09. The molecule has 0 saturated carbocycles. The average molecular weight is 371 g/mol. The van der Waals surface area contributed by atoms with Gasteiger partial charge in [0.15, 0.2) is 5.78 Å². The van der Waals surface area contributed by atoms with Gasteiger partial charge in [-0.05, 0) is 62.1 Å². The number of likely N-dealkylation sites (N-methyl/N-ethyl adjacent to an activating group) is 1. The van der Waals surface area contributed by atoms with Crippen LogP contribution in [0.25, 0.3) is 17.3 Å². The monoisotopic (exact) mass is 371 g/mol. The van der Waals surface area contributed by atoms with Crippen molar-refractivity contribution < 1.29 is 4.79 Å². The van der Waals surface area contributed by atoms with E-state index in [0.29, 0.717) is 5.56 Å². The first kappa shape index (κ1) is 19.5. The van der Waals surface area contributed by atoms with E-state index < -0.39 is 0 Å². The number of anilines is 1. The molecule has 0 radical (unpaired) electrons. The van der Waals surface area contributed by atoms with Gasteiger partial charge in [-0.2, -0.15) is 0 Å². The summed E-state index contributed by atoms with van der Waals surface area (Å²) in [6, 6.07) is 21.5. The highest BCUT2D eigenvalue weighted by Crippen LogP contribution is 2.18. The van der Waals surface area contributed by atoms with Crippen LogP contribution in [0.4, 0.5) is 5.69 Å². The number of hydrogen-bond donors (Lipinski definition) is 1. The van der Waals surface area contributed by atoms with E-state index >= 15 is 0 Å². The summed E-state index contributed by atoms with van der Waals surface area (Å²) in [6.45, 7) is 1.83. The highest BCUT2D eigenvalue weighted by molar-refractivity contribution is 6.07.